The Labute approximate surface area is 143 Å². The molecule has 2 unspecified atom stereocenters. The quantitative estimate of drug-likeness (QED) is 0.780. The van der Waals surface area contributed by atoms with Crippen LogP contribution in [0.5, 0.6) is 0 Å². The zero-order valence-electron chi connectivity index (χ0n) is 15.1. The number of piperazine rings is 1. The van der Waals surface area contributed by atoms with Crippen molar-refractivity contribution in [2.45, 2.75) is 58.7 Å². The number of ketones is 1. The highest BCUT2D eigenvalue weighted by Crippen LogP contribution is 2.36. The van der Waals surface area contributed by atoms with E-state index in [0.29, 0.717) is 12.6 Å². The number of anilines is 1. The molecule has 0 radical (unpaired) electrons. The third kappa shape index (κ3) is 3.12. The number of benzene rings is 1. The summed E-state index contributed by atoms with van der Waals surface area (Å²) in [4.78, 5) is 28.1. The Morgan fingerprint density at radius 1 is 1.17 bits per heavy atom. The van der Waals surface area contributed by atoms with Crippen molar-refractivity contribution >= 4 is 17.6 Å². The van der Waals surface area contributed by atoms with Gasteiger partial charge in [0.25, 0.3) is 0 Å². The van der Waals surface area contributed by atoms with Crippen LogP contribution in [0.2, 0.25) is 0 Å². The number of Topliss-reactive ketones (excluding diaryl/α,β-unsaturated/α-hetero) is 1. The van der Waals surface area contributed by atoms with Crippen LogP contribution in [-0.4, -0.2) is 47.6 Å². The van der Waals surface area contributed by atoms with Crippen molar-refractivity contribution < 1.29 is 14.3 Å². The molecule has 1 aromatic rings. The fraction of sp³-hybridized carbons (Fsp3) is 0.579. The van der Waals surface area contributed by atoms with Gasteiger partial charge in [0.05, 0.1) is 6.04 Å². The largest absolute Gasteiger partial charge is 0.444 e. The first-order valence-corrected chi connectivity index (χ1v) is 8.53. The van der Waals surface area contributed by atoms with Crippen LogP contribution in [0.15, 0.2) is 18.2 Å². The minimum Gasteiger partial charge on any atom is -0.444 e. The average Bonchev–Trinajstić information content (AvgIpc) is 3.04. The molecule has 2 saturated heterocycles. The number of nitrogens with zero attached hydrogens (tertiary/aromatic N) is 2. The van der Waals surface area contributed by atoms with Crippen LogP contribution >= 0.6 is 0 Å². The van der Waals surface area contributed by atoms with Crippen molar-refractivity contribution in [3.05, 3.63) is 29.3 Å². The molecule has 2 fully saturated rings. The molecule has 0 aliphatic carbocycles. The van der Waals surface area contributed by atoms with Crippen molar-refractivity contribution in [2.75, 3.05) is 18.0 Å². The third-order valence-corrected chi connectivity index (χ3v) is 4.79. The summed E-state index contributed by atoms with van der Waals surface area (Å²) in [5.41, 5.74) is 2.46. The second-order valence-electron chi connectivity index (χ2n) is 7.88. The molecule has 1 aromatic carbocycles. The Bertz CT molecular complexity index is 678. The van der Waals surface area contributed by atoms with E-state index in [1.807, 2.05) is 44.7 Å². The maximum absolute atomic E-state index is 12.3. The first-order chi connectivity index (χ1) is 11.2. The topological polar surface area (TPSA) is 49.9 Å². The van der Waals surface area contributed by atoms with Gasteiger partial charge >= 0.3 is 6.09 Å². The number of rotatable bonds is 2. The van der Waals surface area contributed by atoms with E-state index in [-0.39, 0.29) is 17.9 Å². The number of carbonyl (C=O) groups excluding carboxylic acids is 2. The van der Waals surface area contributed by atoms with Crippen LogP contribution in [0, 0.1) is 6.92 Å². The van der Waals surface area contributed by atoms with E-state index in [9.17, 15) is 9.59 Å². The molecule has 2 aliphatic rings. The fourth-order valence-corrected chi connectivity index (χ4v) is 3.75. The van der Waals surface area contributed by atoms with Gasteiger partial charge in [0, 0.05) is 30.4 Å². The second kappa shape index (κ2) is 5.80. The lowest BCUT2D eigenvalue weighted by Crippen LogP contribution is -2.50. The summed E-state index contributed by atoms with van der Waals surface area (Å²) < 4.78 is 5.51. The molecular weight excluding hydrogens is 304 g/mol. The molecule has 0 N–H and O–H groups in total. The van der Waals surface area contributed by atoms with Crippen molar-refractivity contribution in [3.63, 3.8) is 0 Å². The van der Waals surface area contributed by atoms with Gasteiger partial charge in [0.2, 0.25) is 0 Å². The number of likely N-dealkylation sites (tertiary alicyclic amines) is 1. The van der Waals surface area contributed by atoms with Gasteiger partial charge in [0.15, 0.2) is 5.78 Å². The van der Waals surface area contributed by atoms with Gasteiger partial charge in [-0.3, -0.25) is 4.79 Å². The molecule has 24 heavy (non-hydrogen) atoms. The smallest absolute Gasteiger partial charge is 0.410 e. The predicted molar refractivity (Wildman–Crippen MR) is 93.7 cm³/mol. The maximum atomic E-state index is 12.3. The summed E-state index contributed by atoms with van der Waals surface area (Å²) in [6.07, 6.45) is 0.769. The Morgan fingerprint density at radius 2 is 1.88 bits per heavy atom. The minimum absolute atomic E-state index is 0.0955. The van der Waals surface area contributed by atoms with E-state index >= 15 is 0 Å². The number of aryl methyl sites for hydroxylation is 1. The van der Waals surface area contributed by atoms with Gasteiger partial charge in [-0.2, -0.15) is 0 Å². The van der Waals surface area contributed by atoms with Gasteiger partial charge < -0.3 is 14.5 Å². The van der Waals surface area contributed by atoms with Crippen LogP contribution in [0.1, 0.15) is 50.0 Å². The van der Waals surface area contributed by atoms with Crippen LogP contribution in [0.25, 0.3) is 0 Å². The van der Waals surface area contributed by atoms with E-state index in [0.717, 1.165) is 29.8 Å². The highest BCUT2D eigenvalue weighted by molar-refractivity contribution is 5.96. The molecule has 5 heteroatoms. The normalized spacial score (nSPS) is 22.9. The number of hydrogen-bond donors (Lipinski definition) is 0. The van der Waals surface area contributed by atoms with Crippen molar-refractivity contribution in [1.82, 2.24) is 4.90 Å². The van der Waals surface area contributed by atoms with Crippen LogP contribution in [0.3, 0.4) is 0 Å². The van der Waals surface area contributed by atoms with Crippen LogP contribution < -0.4 is 4.90 Å². The number of amides is 1. The molecule has 2 atom stereocenters. The summed E-state index contributed by atoms with van der Waals surface area (Å²) in [7, 11) is 0. The number of ether oxygens (including phenoxy) is 1. The predicted octanol–water partition coefficient (Wildman–Crippen LogP) is 3.40. The molecule has 0 saturated carbocycles. The fourth-order valence-electron chi connectivity index (χ4n) is 3.75. The van der Waals surface area contributed by atoms with Crippen LogP contribution in [0.4, 0.5) is 10.5 Å². The van der Waals surface area contributed by atoms with Crippen LogP contribution in [-0.2, 0) is 4.74 Å². The Morgan fingerprint density at radius 3 is 2.38 bits per heavy atom. The van der Waals surface area contributed by atoms with Gasteiger partial charge in [-0.05, 0) is 64.8 Å². The summed E-state index contributed by atoms with van der Waals surface area (Å²) in [6, 6.07) is 6.53. The molecule has 3 rings (SSSR count). The highest BCUT2D eigenvalue weighted by Gasteiger charge is 2.46. The third-order valence-electron chi connectivity index (χ3n) is 4.79. The van der Waals surface area contributed by atoms with Gasteiger partial charge in [0.1, 0.15) is 5.60 Å². The van der Waals surface area contributed by atoms with E-state index in [1.54, 1.807) is 6.92 Å². The average molecular weight is 330 g/mol. The van der Waals surface area contributed by atoms with E-state index < -0.39 is 5.60 Å². The van der Waals surface area contributed by atoms with Gasteiger partial charge in [-0.25, -0.2) is 4.79 Å². The molecule has 2 aliphatic heterocycles. The number of carbonyl (C=O) groups is 2. The number of fused-ring (bicyclic) bond motifs is 2. The van der Waals surface area contributed by atoms with Crippen molar-refractivity contribution in [1.29, 1.82) is 0 Å². The minimum atomic E-state index is -0.460. The molecule has 2 heterocycles. The molecule has 0 spiro atoms. The molecule has 0 aromatic heterocycles. The zero-order chi connectivity index (χ0) is 17.6. The summed E-state index contributed by atoms with van der Waals surface area (Å²) in [5, 5.41) is 0. The van der Waals surface area contributed by atoms with Gasteiger partial charge in [-0.15, -0.1) is 0 Å². The van der Waals surface area contributed by atoms with E-state index in [4.69, 9.17) is 4.74 Å². The molecular formula is C19H26N2O3. The molecule has 2 bridgehead atoms. The summed E-state index contributed by atoms with van der Waals surface area (Å²) in [6.45, 7) is 10.8. The highest BCUT2D eigenvalue weighted by atomic mass is 16.6. The first-order valence-electron chi connectivity index (χ1n) is 8.53. The molecule has 5 nitrogen and oxygen atoms in total. The Kier molecular flexibility index (Phi) is 4.06. The number of hydrogen-bond acceptors (Lipinski definition) is 4. The zero-order valence-corrected chi connectivity index (χ0v) is 15.1. The molecule has 130 valence electrons. The van der Waals surface area contributed by atoms with Crippen molar-refractivity contribution in [3.8, 4) is 0 Å². The SMILES string of the molecule is CC(=O)c1ccc(N2CC3CC2CN3C(=O)OC(C)(C)C)cc1C. The summed E-state index contributed by atoms with van der Waals surface area (Å²) in [5.74, 6) is 0.0955. The Balaban J connectivity index is 1.71. The standard InChI is InChI=1S/C19H26N2O3/c1-12-8-14(6-7-17(12)13(2)22)20-10-16-9-15(20)11-21(16)18(23)24-19(3,4)5/h6-8,15-16H,9-11H2,1-5H3. The Hall–Kier alpha value is -2.04. The van der Waals surface area contributed by atoms with E-state index in [2.05, 4.69) is 11.0 Å². The summed E-state index contributed by atoms with van der Waals surface area (Å²) >= 11 is 0. The lowest BCUT2D eigenvalue weighted by Gasteiger charge is -2.36. The first kappa shape index (κ1) is 16.8. The molecule has 1 amide bonds. The lowest BCUT2D eigenvalue weighted by atomic mass is 10.0. The monoisotopic (exact) mass is 330 g/mol. The lowest BCUT2D eigenvalue weighted by molar-refractivity contribution is 0.0214. The second-order valence-corrected chi connectivity index (χ2v) is 7.88. The van der Waals surface area contributed by atoms with Gasteiger partial charge in [-0.1, -0.05) is 0 Å². The van der Waals surface area contributed by atoms with Crippen molar-refractivity contribution in [2.24, 2.45) is 0 Å². The van der Waals surface area contributed by atoms with E-state index in [1.165, 1.54) is 0 Å². The maximum Gasteiger partial charge on any atom is 0.410 e.